The molecule has 0 heterocycles. The number of rotatable bonds is 16. The number of azo groups is 1. The lowest BCUT2D eigenvalue weighted by molar-refractivity contribution is -0.870. The Morgan fingerprint density at radius 1 is 0.594 bits per heavy atom. The molecule has 0 spiro atoms. The zero-order valence-electron chi connectivity index (χ0n) is 20.6. The highest BCUT2D eigenvalue weighted by molar-refractivity contribution is 5.44. The first kappa shape index (κ1) is 25.9. The van der Waals surface area contributed by atoms with Gasteiger partial charge in [-0.05, 0) is 80.6 Å². The van der Waals surface area contributed by atoms with Gasteiger partial charge in [0.1, 0.15) is 11.5 Å². The Morgan fingerprint density at radius 2 is 1.03 bits per heavy atom. The third-order valence-electron chi connectivity index (χ3n) is 5.21. The normalized spacial score (nSPS) is 11.8. The van der Waals surface area contributed by atoms with Gasteiger partial charge < -0.3 is 14.0 Å². The van der Waals surface area contributed by atoms with Gasteiger partial charge in [-0.15, -0.1) is 0 Å². The number of hydrogen-bond donors (Lipinski definition) is 0. The first-order chi connectivity index (χ1) is 15.5. The van der Waals surface area contributed by atoms with E-state index in [9.17, 15) is 0 Å². The second kappa shape index (κ2) is 14.6. The molecule has 5 nitrogen and oxygen atoms in total. The van der Waals surface area contributed by atoms with Gasteiger partial charge >= 0.3 is 0 Å². The van der Waals surface area contributed by atoms with Gasteiger partial charge in [0.05, 0.1) is 52.3 Å². The minimum absolute atomic E-state index is 0.762. The van der Waals surface area contributed by atoms with Crippen LogP contribution in [0.5, 0.6) is 11.5 Å². The molecule has 0 saturated carbocycles. The van der Waals surface area contributed by atoms with Crippen molar-refractivity contribution in [2.75, 3.05) is 40.9 Å². The molecule has 0 aliphatic carbocycles. The molecule has 0 fully saturated rings. The maximum atomic E-state index is 5.85. The number of nitrogens with zero attached hydrogens (tertiary/aromatic N) is 3. The molecular formula is C27H42N3O2+. The summed E-state index contributed by atoms with van der Waals surface area (Å²) in [7, 11) is 6.73. The molecule has 176 valence electrons. The van der Waals surface area contributed by atoms with E-state index in [0.29, 0.717) is 0 Å². The molecule has 2 aromatic rings. The average molecular weight is 441 g/mol. The van der Waals surface area contributed by atoms with E-state index < -0.39 is 0 Å². The van der Waals surface area contributed by atoms with Gasteiger partial charge in [0, 0.05) is 0 Å². The average Bonchev–Trinajstić information content (AvgIpc) is 2.78. The molecule has 0 aliphatic rings. The Labute approximate surface area is 195 Å². The quantitative estimate of drug-likeness (QED) is 0.152. The monoisotopic (exact) mass is 440 g/mol. The fourth-order valence-corrected chi connectivity index (χ4v) is 3.28. The largest absolute Gasteiger partial charge is 0.494 e. The number of quaternary nitrogens is 1. The molecule has 0 amide bonds. The van der Waals surface area contributed by atoms with Gasteiger partial charge in [0.2, 0.25) is 0 Å². The van der Waals surface area contributed by atoms with Crippen molar-refractivity contribution in [2.45, 2.75) is 58.3 Å². The van der Waals surface area contributed by atoms with Gasteiger partial charge in [-0.3, -0.25) is 0 Å². The van der Waals surface area contributed by atoms with Gasteiger partial charge in [-0.25, -0.2) is 0 Å². The van der Waals surface area contributed by atoms with Crippen LogP contribution < -0.4 is 9.47 Å². The molecule has 32 heavy (non-hydrogen) atoms. The van der Waals surface area contributed by atoms with Crippen molar-refractivity contribution in [3.63, 3.8) is 0 Å². The molecule has 2 aromatic carbocycles. The summed E-state index contributed by atoms with van der Waals surface area (Å²) in [5.74, 6) is 1.77. The Balaban J connectivity index is 1.65. The van der Waals surface area contributed by atoms with E-state index in [4.69, 9.17) is 9.47 Å². The van der Waals surface area contributed by atoms with Crippen LogP contribution in [-0.4, -0.2) is 45.4 Å². The van der Waals surface area contributed by atoms with E-state index >= 15 is 0 Å². The fourth-order valence-electron chi connectivity index (χ4n) is 3.28. The molecule has 0 radical (unpaired) electrons. The van der Waals surface area contributed by atoms with Crippen LogP contribution in [-0.2, 0) is 0 Å². The number of benzene rings is 2. The van der Waals surface area contributed by atoms with Crippen LogP contribution in [0.1, 0.15) is 58.3 Å². The van der Waals surface area contributed by atoms with Crippen molar-refractivity contribution in [2.24, 2.45) is 10.2 Å². The van der Waals surface area contributed by atoms with E-state index in [-0.39, 0.29) is 0 Å². The third kappa shape index (κ3) is 11.8. The first-order valence-corrected chi connectivity index (χ1v) is 12.1. The van der Waals surface area contributed by atoms with Crippen molar-refractivity contribution in [3.8, 4) is 11.5 Å². The molecule has 0 bridgehead atoms. The van der Waals surface area contributed by atoms with Crippen molar-refractivity contribution in [3.05, 3.63) is 48.5 Å². The summed E-state index contributed by atoms with van der Waals surface area (Å²) >= 11 is 0. The summed E-state index contributed by atoms with van der Waals surface area (Å²) in [6, 6.07) is 15.6. The second-order valence-corrected chi connectivity index (χ2v) is 9.37. The number of unbranched alkanes of at least 4 members (excludes halogenated alkanes) is 6. The van der Waals surface area contributed by atoms with Crippen molar-refractivity contribution in [1.29, 1.82) is 0 Å². The molecule has 0 atom stereocenters. The SMILES string of the molecule is CCCCCCOc1ccc(N=Nc2ccc(OCCCCCC[N+](C)(C)C)cc2)cc1. The summed E-state index contributed by atoms with van der Waals surface area (Å²) in [6.45, 7) is 4.98. The molecule has 0 N–H and O–H groups in total. The van der Waals surface area contributed by atoms with Crippen LogP contribution in [0.4, 0.5) is 11.4 Å². The lowest BCUT2D eigenvalue weighted by atomic mass is 10.2. The molecule has 0 aliphatic heterocycles. The first-order valence-electron chi connectivity index (χ1n) is 12.1. The molecule has 0 aromatic heterocycles. The zero-order valence-corrected chi connectivity index (χ0v) is 20.6. The van der Waals surface area contributed by atoms with E-state index in [1.165, 1.54) is 45.1 Å². The van der Waals surface area contributed by atoms with Crippen LogP contribution >= 0.6 is 0 Å². The van der Waals surface area contributed by atoms with Crippen LogP contribution in [0.15, 0.2) is 58.8 Å². The highest BCUT2D eigenvalue weighted by atomic mass is 16.5. The lowest BCUT2D eigenvalue weighted by Gasteiger charge is -2.23. The summed E-state index contributed by atoms with van der Waals surface area (Å²) in [4.78, 5) is 0. The predicted octanol–water partition coefficient (Wildman–Crippen LogP) is 7.71. The predicted molar refractivity (Wildman–Crippen MR) is 134 cm³/mol. The second-order valence-electron chi connectivity index (χ2n) is 9.37. The molecule has 5 heteroatoms. The molecule has 0 saturated heterocycles. The smallest absolute Gasteiger partial charge is 0.119 e. The maximum Gasteiger partial charge on any atom is 0.119 e. The minimum atomic E-state index is 0.762. The zero-order chi connectivity index (χ0) is 23.1. The molecule has 0 unspecified atom stereocenters. The number of hydrogen-bond acceptors (Lipinski definition) is 4. The van der Waals surface area contributed by atoms with Gasteiger partial charge in [0.25, 0.3) is 0 Å². The van der Waals surface area contributed by atoms with Crippen LogP contribution in [0, 0.1) is 0 Å². The standard InChI is InChI=1S/C27H42N3O2/c1-5-6-7-11-22-31-26-17-13-24(14-18-26)28-29-25-15-19-27(20-16-25)32-23-12-9-8-10-21-30(2,3)4/h13-20H,5-12,21-23H2,1-4H3/q+1. The highest BCUT2D eigenvalue weighted by Crippen LogP contribution is 2.23. The Hall–Kier alpha value is -2.40. The Kier molecular flexibility index (Phi) is 11.8. The van der Waals surface area contributed by atoms with Gasteiger partial charge in [0.15, 0.2) is 0 Å². The van der Waals surface area contributed by atoms with Crippen LogP contribution in [0.2, 0.25) is 0 Å². The van der Waals surface area contributed by atoms with E-state index in [1.807, 2.05) is 48.5 Å². The molecule has 2 rings (SSSR count). The van der Waals surface area contributed by atoms with Crippen molar-refractivity contribution in [1.82, 2.24) is 0 Å². The van der Waals surface area contributed by atoms with Crippen LogP contribution in [0.25, 0.3) is 0 Å². The van der Waals surface area contributed by atoms with Crippen molar-refractivity contribution < 1.29 is 14.0 Å². The van der Waals surface area contributed by atoms with E-state index in [1.54, 1.807) is 0 Å². The maximum absolute atomic E-state index is 5.85. The summed E-state index contributed by atoms with van der Waals surface area (Å²) in [5.41, 5.74) is 1.63. The summed E-state index contributed by atoms with van der Waals surface area (Å²) in [5, 5.41) is 8.64. The Morgan fingerprint density at radius 3 is 1.47 bits per heavy atom. The Bertz CT molecular complexity index is 765. The van der Waals surface area contributed by atoms with Gasteiger partial charge in [-0.1, -0.05) is 26.2 Å². The topological polar surface area (TPSA) is 43.2 Å². The summed E-state index contributed by atoms with van der Waals surface area (Å²) in [6.07, 6.45) is 9.70. The van der Waals surface area contributed by atoms with Gasteiger partial charge in [-0.2, -0.15) is 10.2 Å². The molecular weight excluding hydrogens is 398 g/mol. The highest BCUT2D eigenvalue weighted by Gasteiger charge is 2.05. The number of ether oxygens (including phenoxy) is 2. The lowest BCUT2D eigenvalue weighted by Crippen LogP contribution is -2.35. The van der Waals surface area contributed by atoms with E-state index in [2.05, 4.69) is 38.3 Å². The fraction of sp³-hybridized carbons (Fsp3) is 0.556. The third-order valence-corrected chi connectivity index (χ3v) is 5.21. The van der Waals surface area contributed by atoms with Crippen molar-refractivity contribution >= 4 is 11.4 Å². The van der Waals surface area contributed by atoms with Crippen LogP contribution in [0.3, 0.4) is 0 Å². The minimum Gasteiger partial charge on any atom is -0.494 e. The van der Waals surface area contributed by atoms with E-state index in [0.717, 1.165) is 53.4 Å². The summed E-state index contributed by atoms with van der Waals surface area (Å²) < 4.78 is 12.7.